The van der Waals surface area contributed by atoms with Crippen LogP contribution in [0.25, 0.3) is 10.6 Å². The standard InChI is InChI=1S/C14H15NO2S/c1-3-11(14(16)17-2)12-9-18-13(15-12)10-7-5-4-6-8-10/h4-9,11H,3H2,1-2H3. The fourth-order valence-corrected chi connectivity index (χ4v) is 2.68. The maximum Gasteiger partial charge on any atom is 0.314 e. The molecule has 0 fully saturated rings. The van der Waals surface area contributed by atoms with Crippen molar-refractivity contribution >= 4 is 17.3 Å². The molecular weight excluding hydrogens is 246 g/mol. The Morgan fingerprint density at radius 1 is 1.39 bits per heavy atom. The van der Waals surface area contributed by atoms with Crippen molar-refractivity contribution in [1.29, 1.82) is 0 Å². The van der Waals surface area contributed by atoms with E-state index >= 15 is 0 Å². The lowest BCUT2D eigenvalue weighted by molar-refractivity contribution is -0.142. The van der Waals surface area contributed by atoms with Crippen LogP contribution in [0.1, 0.15) is 25.0 Å². The number of esters is 1. The number of methoxy groups -OCH3 is 1. The molecule has 0 amide bonds. The Balaban J connectivity index is 2.27. The van der Waals surface area contributed by atoms with Gasteiger partial charge in [0.1, 0.15) is 5.01 Å². The fraction of sp³-hybridized carbons (Fsp3) is 0.286. The fourth-order valence-electron chi connectivity index (χ4n) is 1.80. The minimum absolute atomic E-state index is 0.220. The van der Waals surface area contributed by atoms with Crippen molar-refractivity contribution in [3.8, 4) is 10.6 Å². The van der Waals surface area contributed by atoms with Crippen molar-refractivity contribution in [2.24, 2.45) is 0 Å². The van der Waals surface area contributed by atoms with Crippen LogP contribution in [0.5, 0.6) is 0 Å². The van der Waals surface area contributed by atoms with Crippen molar-refractivity contribution in [3.63, 3.8) is 0 Å². The highest BCUT2D eigenvalue weighted by atomic mass is 32.1. The molecular formula is C14H15NO2S. The second kappa shape index (κ2) is 5.78. The minimum atomic E-state index is -0.260. The first-order chi connectivity index (χ1) is 8.76. The van der Waals surface area contributed by atoms with E-state index < -0.39 is 0 Å². The summed E-state index contributed by atoms with van der Waals surface area (Å²) in [5.74, 6) is -0.480. The average molecular weight is 261 g/mol. The van der Waals surface area contributed by atoms with Crippen molar-refractivity contribution < 1.29 is 9.53 Å². The van der Waals surface area contributed by atoms with E-state index in [1.165, 1.54) is 7.11 Å². The van der Waals surface area contributed by atoms with Gasteiger partial charge in [0, 0.05) is 10.9 Å². The molecule has 0 saturated carbocycles. The average Bonchev–Trinajstić information content (AvgIpc) is 2.90. The van der Waals surface area contributed by atoms with Crippen molar-refractivity contribution in [2.75, 3.05) is 7.11 Å². The molecule has 0 N–H and O–H groups in total. The zero-order valence-electron chi connectivity index (χ0n) is 10.4. The van der Waals surface area contributed by atoms with Crippen molar-refractivity contribution in [3.05, 3.63) is 41.4 Å². The molecule has 1 atom stereocenters. The molecule has 0 aliphatic carbocycles. The quantitative estimate of drug-likeness (QED) is 0.791. The monoisotopic (exact) mass is 261 g/mol. The third-order valence-corrected chi connectivity index (χ3v) is 3.70. The molecule has 3 nitrogen and oxygen atoms in total. The number of thiazole rings is 1. The maximum absolute atomic E-state index is 11.6. The first kappa shape index (κ1) is 12.8. The van der Waals surface area contributed by atoms with Crippen LogP contribution >= 0.6 is 11.3 Å². The van der Waals surface area contributed by atoms with Crippen LogP contribution in [0.2, 0.25) is 0 Å². The molecule has 94 valence electrons. The minimum Gasteiger partial charge on any atom is -0.469 e. The summed E-state index contributed by atoms with van der Waals surface area (Å²) in [7, 11) is 1.41. The highest BCUT2D eigenvalue weighted by molar-refractivity contribution is 7.13. The molecule has 2 rings (SSSR count). The summed E-state index contributed by atoms with van der Waals surface area (Å²) in [5.41, 5.74) is 1.88. The summed E-state index contributed by atoms with van der Waals surface area (Å²) in [6, 6.07) is 9.97. The molecule has 0 saturated heterocycles. The number of aromatic nitrogens is 1. The van der Waals surface area contributed by atoms with E-state index in [0.717, 1.165) is 16.3 Å². The summed E-state index contributed by atoms with van der Waals surface area (Å²) in [4.78, 5) is 16.2. The van der Waals surface area contributed by atoms with Gasteiger partial charge in [-0.25, -0.2) is 4.98 Å². The van der Waals surface area contributed by atoms with Crippen LogP contribution in [0.15, 0.2) is 35.7 Å². The molecule has 1 heterocycles. The Labute approximate surface area is 110 Å². The third kappa shape index (κ3) is 2.59. The van der Waals surface area contributed by atoms with Gasteiger partial charge in [0.05, 0.1) is 18.7 Å². The van der Waals surface area contributed by atoms with Crippen LogP contribution in [-0.2, 0) is 9.53 Å². The lowest BCUT2D eigenvalue weighted by atomic mass is 10.0. The van der Waals surface area contributed by atoms with Crippen LogP contribution in [-0.4, -0.2) is 18.1 Å². The predicted molar refractivity (Wildman–Crippen MR) is 72.6 cm³/mol. The SMILES string of the molecule is CCC(C(=O)OC)c1csc(-c2ccccc2)n1. The number of benzene rings is 1. The smallest absolute Gasteiger partial charge is 0.314 e. The van der Waals surface area contributed by atoms with Crippen molar-refractivity contribution in [2.45, 2.75) is 19.3 Å². The topological polar surface area (TPSA) is 39.2 Å². The predicted octanol–water partition coefficient (Wildman–Crippen LogP) is 3.48. The van der Waals surface area contributed by atoms with Gasteiger partial charge in [0.15, 0.2) is 0 Å². The first-order valence-electron chi connectivity index (χ1n) is 5.85. The molecule has 4 heteroatoms. The van der Waals surface area contributed by atoms with Gasteiger partial charge in [-0.3, -0.25) is 4.79 Å². The summed E-state index contributed by atoms with van der Waals surface area (Å²) >= 11 is 1.56. The Bertz CT molecular complexity index is 522. The number of rotatable bonds is 4. The molecule has 0 aliphatic rings. The molecule has 0 bridgehead atoms. The van der Waals surface area contributed by atoms with Crippen LogP contribution in [0.4, 0.5) is 0 Å². The van der Waals surface area contributed by atoms with E-state index in [1.54, 1.807) is 11.3 Å². The molecule has 1 unspecified atom stereocenters. The summed E-state index contributed by atoms with van der Waals surface area (Å²) in [5, 5.41) is 2.88. The van der Waals surface area contributed by atoms with E-state index in [1.807, 2.05) is 42.6 Å². The normalized spacial score (nSPS) is 12.1. The molecule has 2 aromatic rings. The molecule has 0 spiro atoms. The number of carbonyl (C=O) groups is 1. The number of hydrogen-bond acceptors (Lipinski definition) is 4. The number of ether oxygens (including phenoxy) is 1. The molecule has 1 aromatic carbocycles. The Hall–Kier alpha value is -1.68. The molecule has 0 radical (unpaired) electrons. The lowest BCUT2D eigenvalue weighted by Gasteiger charge is -2.08. The highest BCUT2D eigenvalue weighted by Crippen LogP contribution is 2.28. The van der Waals surface area contributed by atoms with Crippen LogP contribution in [0, 0.1) is 0 Å². The van der Waals surface area contributed by atoms with Gasteiger partial charge >= 0.3 is 5.97 Å². The van der Waals surface area contributed by atoms with E-state index in [2.05, 4.69) is 4.98 Å². The van der Waals surface area contributed by atoms with E-state index in [0.29, 0.717) is 6.42 Å². The Morgan fingerprint density at radius 3 is 2.72 bits per heavy atom. The van der Waals surface area contributed by atoms with Gasteiger partial charge in [-0.2, -0.15) is 0 Å². The third-order valence-electron chi connectivity index (χ3n) is 2.79. The number of nitrogens with zero attached hydrogens (tertiary/aromatic N) is 1. The summed E-state index contributed by atoms with van der Waals surface area (Å²) < 4.78 is 4.80. The van der Waals surface area contributed by atoms with Gasteiger partial charge < -0.3 is 4.74 Å². The Kier molecular flexibility index (Phi) is 4.10. The molecule has 0 aliphatic heterocycles. The second-order valence-corrected chi connectivity index (χ2v) is 4.79. The van der Waals surface area contributed by atoms with Gasteiger partial charge in [0.2, 0.25) is 0 Å². The van der Waals surface area contributed by atoms with Crippen LogP contribution < -0.4 is 0 Å². The summed E-state index contributed by atoms with van der Waals surface area (Å²) in [6.45, 7) is 1.96. The van der Waals surface area contributed by atoms with Gasteiger partial charge in [0.25, 0.3) is 0 Å². The summed E-state index contributed by atoms with van der Waals surface area (Å²) in [6.07, 6.45) is 0.699. The largest absolute Gasteiger partial charge is 0.469 e. The molecule has 18 heavy (non-hydrogen) atoms. The lowest BCUT2D eigenvalue weighted by Crippen LogP contribution is -2.13. The van der Waals surface area contributed by atoms with Crippen LogP contribution in [0.3, 0.4) is 0 Å². The second-order valence-electron chi connectivity index (χ2n) is 3.93. The first-order valence-corrected chi connectivity index (χ1v) is 6.73. The number of carbonyl (C=O) groups excluding carboxylic acids is 1. The molecule has 1 aromatic heterocycles. The highest BCUT2D eigenvalue weighted by Gasteiger charge is 2.22. The van der Waals surface area contributed by atoms with E-state index in [9.17, 15) is 4.79 Å². The number of hydrogen-bond donors (Lipinski definition) is 0. The van der Waals surface area contributed by atoms with Gasteiger partial charge in [-0.15, -0.1) is 11.3 Å². The van der Waals surface area contributed by atoms with Gasteiger partial charge in [-0.1, -0.05) is 37.3 Å². The zero-order valence-corrected chi connectivity index (χ0v) is 11.2. The van der Waals surface area contributed by atoms with E-state index in [4.69, 9.17) is 4.74 Å². The van der Waals surface area contributed by atoms with Crippen molar-refractivity contribution in [1.82, 2.24) is 4.98 Å². The maximum atomic E-state index is 11.6. The van der Waals surface area contributed by atoms with E-state index in [-0.39, 0.29) is 11.9 Å². The van der Waals surface area contributed by atoms with Gasteiger partial charge in [-0.05, 0) is 6.42 Å². The zero-order chi connectivity index (χ0) is 13.0. The Morgan fingerprint density at radius 2 is 2.11 bits per heavy atom.